The van der Waals surface area contributed by atoms with Crippen LogP contribution >= 0.6 is 11.6 Å². The lowest BCUT2D eigenvalue weighted by Gasteiger charge is -2.46. The van der Waals surface area contributed by atoms with Crippen molar-refractivity contribution < 1.29 is 11.3 Å². The molecule has 80 heavy (non-hydrogen) atoms. The molecule has 0 bridgehead atoms. The number of fused-ring (bicyclic) bond motifs is 10. The van der Waals surface area contributed by atoms with E-state index in [4.69, 9.17) is 20.1 Å². The van der Waals surface area contributed by atoms with Gasteiger partial charge in [0.2, 0.25) is 0 Å². The van der Waals surface area contributed by atoms with Crippen molar-refractivity contribution in [2.24, 2.45) is 0 Å². The van der Waals surface area contributed by atoms with Crippen LogP contribution in [-0.2, 0) is 10.8 Å². The summed E-state index contributed by atoms with van der Waals surface area (Å²) in [6.45, 7) is 13.2. The summed E-state index contributed by atoms with van der Waals surface area (Å²) < 4.78 is 54.5. The molecule has 0 saturated carbocycles. The molecule has 2 aliphatic rings. The first-order valence-corrected chi connectivity index (χ1v) is 27.9. The molecule has 0 fully saturated rings. The maximum atomic E-state index is 9.37. The number of furan rings is 1. The van der Waals surface area contributed by atoms with Gasteiger partial charge in [-0.05, 0) is 139 Å². The van der Waals surface area contributed by atoms with Crippen molar-refractivity contribution in [3.8, 4) is 39.1 Å². The van der Waals surface area contributed by atoms with Crippen LogP contribution in [0.1, 0.15) is 59.5 Å². The summed E-state index contributed by atoms with van der Waals surface area (Å²) in [5.74, 6) is 0. The molecule has 4 nitrogen and oxygen atoms in total. The predicted molar refractivity (Wildman–Crippen MR) is 341 cm³/mol. The molecule has 0 radical (unpaired) electrons. The van der Waals surface area contributed by atoms with E-state index >= 15 is 0 Å². The highest BCUT2D eigenvalue weighted by molar-refractivity contribution is 7.00. The van der Waals surface area contributed by atoms with Crippen molar-refractivity contribution in [2.45, 2.75) is 52.4 Å². The van der Waals surface area contributed by atoms with Gasteiger partial charge in [-0.1, -0.05) is 217 Å². The first-order chi connectivity index (χ1) is 41.0. The Bertz CT molecular complexity index is 4940. The van der Waals surface area contributed by atoms with Crippen LogP contribution < -0.4 is 26.2 Å². The monoisotopic (exact) mass is 1050 g/mol. The molecule has 4 heterocycles. The van der Waals surface area contributed by atoms with Gasteiger partial charge in [0.15, 0.2) is 0 Å². The number of halogens is 1. The molecule has 2 aliphatic heterocycles. The third-order valence-electron chi connectivity index (χ3n) is 16.6. The average Bonchev–Trinajstić information content (AvgIpc) is 1.54. The number of nitrogens with zero attached hydrogens (tertiary/aromatic N) is 3. The first-order valence-electron chi connectivity index (χ1n) is 30.0. The summed E-state index contributed by atoms with van der Waals surface area (Å²) >= 11 is 7.38. The third-order valence-corrected chi connectivity index (χ3v) is 16.8. The lowest BCUT2D eigenvalue weighted by molar-refractivity contribution is 0.590. The van der Waals surface area contributed by atoms with Gasteiger partial charge < -0.3 is 18.8 Å². The zero-order chi connectivity index (χ0) is 58.5. The van der Waals surface area contributed by atoms with E-state index in [2.05, 4.69) is 232 Å². The van der Waals surface area contributed by atoms with Crippen molar-refractivity contribution in [3.63, 3.8) is 0 Å². The van der Waals surface area contributed by atoms with Crippen LogP contribution in [0.5, 0.6) is 0 Å². The molecule has 0 unspecified atom stereocenters. The molecule has 13 aromatic rings. The molecule has 11 aromatic carbocycles. The standard InChI is InChI=1S/C74H57BClN3O/c1-73(2,3)50-43-65-71-66(44-50)79(72-54(47-24-12-8-13-25-47)36-39-61-70(72)55-29-17-20-32-60(55)77(61)52-26-14-9-15-27-52)63-45-51(76)35-38-59(63)75(71)58-37-34-48(46-22-10-7-11-23-46)40-62(58)78(65)64-41-49(53-28-16-19-31-57(53)74(4,5)6)42-68-69(64)56-30-18-21-33-67(56)80-68/h7-45H,1-6H3/i7D,10D,11D,22D,23D. The number of hydrogen-bond donors (Lipinski definition) is 0. The second-order valence-electron chi connectivity index (χ2n) is 23.4. The third kappa shape index (κ3) is 7.44. The van der Waals surface area contributed by atoms with E-state index in [0.717, 1.165) is 128 Å². The molecular weight excluding hydrogens is 993 g/mol. The fourth-order valence-electron chi connectivity index (χ4n) is 13.0. The minimum absolute atomic E-state index is 0.133. The molecule has 2 aromatic heterocycles. The number of benzene rings is 11. The molecule has 0 saturated heterocycles. The Labute approximate surface area is 479 Å². The van der Waals surface area contributed by atoms with Crippen LogP contribution in [0.2, 0.25) is 5.02 Å². The number of aromatic nitrogens is 1. The highest BCUT2D eigenvalue weighted by atomic mass is 35.5. The van der Waals surface area contributed by atoms with Crippen LogP contribution in [0.25, 0.3) is 82.8 Å². The second-order valence-corrected chi connectivity index (χ2v) is 23.9. The number of hydrogen-bond acceptors (Lipinski definition) is 3. The van der Waals surface area contributed by atoms with Gasteiger partial charge in [-0.3, -0.25) is 0 Å². The number of rotatable bonds is 6. The SMILES string of the molecule is [2H]c1c([2H])c([2H])c(-c2ccc3c(c2)N(c2cc(-c4ccccc4C(C)(C)C)cc4oc5ccccc5c24)c2cc(C(C)(C)C)cc4c2B3c2ccc(Cl)cc2N4c2c(-c3ccccc3)ccc3c2c2ccccc2n3-c2ccccc2)c([2H])c1[2H]. The van der Waals surface area contributed by atoms with Crippen LogP contribution in [0, 0.1) is 0 Å². The van der Waals surface area contributed by atoms with E-state index in [1.54, 1.807) is 0 Å². The molecular formula is C74H57BClN3O. The Morgan fingerprint density at radius 3 is 1.86 bits per heavy atom. The number of para-hydroxylation sites is 3. The largest absolute Gasteiger partial charge is 0.456 e. The molecule has 6 heteroatoms. The first kappa shape index (κ1) is 42.9. The van der Waals surface area contributed by atoms with Crippen LogP contribution in [0.15, 0.2) is 241 Å². The normalized spacial score (nSPS) is 14.0. The Balaban J connectivity index is 1.13. The van der Waals surface area contributed by atoms with E-state index in [9.17, 15) is 2.74 Å². The quantitative estimate of drug-likeness (QED) is 0.155. The van der Waals surface area contributed by atoms with Gasteiger partial charge in [0, 0.05) is 55.2 Å². The molecule has 0 aliphatic carbocycles. The van der Waals surface area contributed by atoms with E-state index < -0.39 is 11.5 Å². The summed E-state index contributed by atoms with van der Waals surface area (Å²) in [7, 11) is 0. The minimum atomic E-state index is -0.436. The van der Waals surface area contributed by atoms with Crippen molar-refractivity contribution in [2.75, 3.05) is 9.80 Å². The Morgan fingerprint density at radius 1 is 0.450 bits per heavy atom. The maximum absolute atomic E-state index is 9.37. The van der Waals surface area contributed by atoms with E-state index in [-0.39, 0.29) is 41.9 Å². The molecule has 0 atom stereocenters. The van der Waals surface area contributed by atoms with Gasteiger partial charge in [0.1, 0.15) is 11.2 Å². The topological polar surface area (TPSA) is 24.6 Å². The van der Waals surface area contributed by atoms with Gasteiger partial charge in [-0.25, -0.2) is 0 Å². The van der Waals surface area contributed by atoms with Crippen LogP contribution in [0.3, 0.4) is 0 Å². The van der Waals surface area contributed by atoms with Crippen molar-refractivity contribution in [1.82, 2.24) is 4.57 Å². The summed E-state index contributed by atoms with van der Waals surface area (Å²) in [6.07, 6.45) is 0. The Kier molecular flexibility index (Phi) is 9.66. The smallest absolute Gasteiger partial charge is 0.252 e. The highest BCUT2D eigenvalue weighted by Crippen LogP contribution is 2.54. The lowest BCUT2D eigenvalue weighted by atomic mass is 9.33. The lowest BCUT2D eigenvalue weighted by Crippen LogP contribution is -2.61. The van der Waals surface area contributed by atoms with Crippen molar-refractivity contribution in [1.29, 1.82) is 0 Å². The summed E-state index contributed by atoms with van der Waals surface area (Å²) in [5.41, 5.74) is 19.8. The second kappa shape index (κ2) is 18.0. The number of anilines is 6. The molecule has 15 rings (SSSR count). The van der Waals surface area contributed by atoms with Gasteiger partial charge in [-0.2, -0.15) is 0 Å². The predicted octanol–water partition coefficient (Wildman–Crippen LogP) is 19.0. The Hall–Kier alpha value is -9.03. The van der Waals surface area contributed by atoms with Gasteiger partial charge in [-0.15, -0.1) is 0 Å². The van der Waals surface area contributed by atoms with Gasteiger partial charge >= 0.3 is 0 Å². The molecule has 384 valence electrons. The fourth-order valence-corrected chi connectivity index (χ4v) is 13.1. The van der Waals surface area contributed by atoms with Crippen LogP contribution in [0.4, 0.5) is 34.1 Å². The zero-order valence-corrected chi connectivity index (χ0v) is 46.1. The summed E-state index contributed by atoms with van der Waals surface area (Å²) in [5, 5.41) is 4.66. The van der Waals surface area contributed by atoms with E-state index in [0.29, 0.717) is 10.6 Å². The van der Waals surface area contributed by atoms with Crippen molar-refractivity contribution in [3.05, 3.63) is 253 Å². The zero-order valence-electron chi connectivity index (χ0n) is 50.3. The Morgan fingerprint density at radius 2 is 1.10 bits per heavy atom. The summed E-state index contributed by atoms with van der Waals surface area (Å²) in [4.78, 5) is 4.90. The average molecular weight is 1060 g/mol. The highest BCUT2D eigenvalue weighted by Gasteiger charge is 2.46. The summed E-state index contributed by atoms with van der Waals surface area (Å²) in [6, 6.07) is 71.4. The van der Waals surface area contributed by atoms with Crippen LogP contribution in [-0.4, -0.2) is 11.3 Å². The molecule has 0 amide bonds. The minimum Gasteiger partial charge on any atom is -0.456 e. The molecule has 0 spiro atoms. The maximum Gasteiger partial charge on any atom is 0.252 e. The molecule has 0 N–H and O–H groups in total. The van der Waals surface area contributed by atoms with E-state index in [1.165, 1.54) is 5.56 Å². The van der Waals surface area contributed by atoms with Gasteiger partial charge in [0.05, 0.1) is 34.6 Å². The van der Waals surface area contributed by atoms with Gasteiger partial charge in [0.25, 0.3) is 6.71 Å². The van der Waals surface area contributed by atoms with E-state index in [1.807, 2.05) is 30.3 Å². The van der Waals surface area contributed by atoms with Crippen molar-refractivity contribution >= 4 is 113 Å². The fraction of sp³-hybridized carbons (Fsp3) is 0.108.